The Morgan fingerprint density at radius 1 is 1.33 bits per heavy atom. The third-order valence-electron chi connectivity index (χ3n) is 4.28. The van der Waals surface area contributed by atoms with Gasteiger partial charge in [-0.15, -0.1) is 10.2 Å². The first-order chi connectivity index (χ1) is 13.1. The molecule has 0 aliphatic carbocycles. The minimum Gasteiger partial charge on any atom is -0.360 e. The lowest BCUT2D eigenvalue weighted by atomic mass is 10.2. The Morgan fingerprint density at radius 2 is 2.15 bits per heavy atom. The molecule has 1 N–H and O–H groups in total. The quantitative estimate of drug-likeness (QED) is 0.529. The van der Waals surface area contributed by atoms with Gasteiger partial charge in [-0.25, -0.2) is 4.98 Å². The van der Waals surface area contributed by atoms with Crippen molar-refractivity contribution in [3.63, 3.8) is 0 Å². The van der Waals surface area contributed by atoms with Crippen molar-refractivity contribution >= 4 is 45.6 Å². The highest BCUT2D eigenvalue weighted by Crippen LogP contribution is 2.28. The monoisotopic (exact) mass is 382 g/mol. The number of rotatable bonds is 5. The molecular formula is C18H18N6O2S. The lowest BCUT2D eigenvalue weighted by Crippen LogP contribution is -2.25. The van der Waals surface area contributed by atoms with Crippen molar-refractivity contribution in [1.29, 1.82) is 0 Å². The van der Waals surface area contributed by atoms with Gasteiger partial charge in [-0.2, -0.15) is 0 Å². The Labute approximate surface area is 159 Å². The van der Waals surface area contributed by atoms with E-state index in [1.54, 1.807) is 13.0 Å². The average molecular weight is 382 g/mol. The standard InChI is InChI=1S/C18H18N6O2S/c1-4-13(17(25)19-14-9-10(2)26-23-14)27-18-20-16-15(21-22-18)11-7-5-6-8-12(11)24(16)3/h5-9,13H,4H2,1-3H3,(H,19,23,25). The van der Waals surface area contributed by atoms with E-state index in [1.807, 2.05) is 42.8 Å². The molecule has 0 aliphatic rings. The SMILES string of the molecule is CCC(Sc1nnc2c3ccccc3n(C)c2n1)C(=O)Nc1cc(C)on1. The van der Waals surface area contributed by atoms with E-state index in [-0.39, 0.29) is 11.2 Å². The van der Waals surface area contributed by atoms with Crippen LogP contribution in [0.2, 0.25) is 0 Å². The smallest absolute Gasteiger partial charge is 0.239 e. The summed E-state index contributed by atoms with van der Waals surface area (Å²) in [5.41, 5.74) is 2.55. The topological polar surface area (TPSA) is 98.7 Å². The molecule has 3 aromatic heterocycles. The third-order valence-corrected chi connectivity index (χ3v) is 5.49. The number of anilines is 1. The maximum atomic E-state index is 12.5. The zero-order chi connectivity index (χ0) is 19.0. The van der Waals surface area contributed by atoms with Gasteiger partial charge in [0, 0.05) is 18.5 Å². The van der Waals surface area contributed by atoms with Gasteiger partial charge in [-0.05, 0) is 19.4 Å². The summed E-state index contributed by atoms with van der Waals surface area (Å²) in [5.74, 6) is 0.871. The van der Waals surface area contributed by atoms with E-state index < -0.39 is 0 Å². The van der Waals surface area contributed by atoms with E-state index >= 15 is 0 Å². The van der Waals surface area contributed by atoms with Crippen molar-refractivity contribution in [2.45, 2.75) is 30.7 Å². The molecule has 4 rings (SSSR count). The summed E-state index contributed by atoms with van der Waals surface area (Å²) in [6, 6.07) is 9.65. The molecule has 1 amide bonds. The van der Waals surface area contributed by atoms with Gasteiger partial charge in [0.15, 0.2) is 11.5 Å². The fourth-order valence-electron chi connectivity index (χ4n) is 2.92. The van der Waals surface area contributed by atoms with Crippen molar-refractivity contribution in [2.75, 3.05) is 5.32 Å². The van der Waals surface area contributed by atoms with Crippen LogP contribution >= 0.6 is 11.8 Å². The lowest BCUT2D eigenvalue weighted by molar-refractivity contribution is -0.115. The van der Waals surface area contributed by atoms with Crippen molar-refractivity contribution in [3.8, 4) is 0 Å². The normalized spacial score (nSPS) is 12.6. The largest absolute Gasteiger partial charge is 0.360 e. The Kier molecular flexibility index (Phi) is 4.53. The maximum absolute atomic E-state index is 12.5. The zero-order valence-electron chi connectivity index (χ0n) is 15.1. The summed E-state index contributed by atoms with van der Waals surface area (Å²) in [4.78, 5) is 17.2. The highest BCUT2D eigenvalue weighted by Gasteiger charge is 2.22. The number of aromatic nitrogens is 5. The molecule has 0 bridgehead atoms. The Morgan fingerprint density at radius 3 is 2.89 bits per heavy atom. The van der Waals surface area contributed by atoms with E-state index in [0.29, 0.717) is 23.2 Å². The summed E-state index contributed by atoms with van der Waals surface area (Å²) in [6.45, 7) is 3.71. The van der Waals surface area contributed by atoms with Gasteiger partial charge in [-0.3, -0.25) is 4.79 Å². The highest BCUT2D eigenvalue weighted by atomic mass is 32.2. The zero-order valence-corrected chi connectivity index (χ0v) is 15.9. The number of hydrogen-bond donors (Lipinski definition) is 1. The Balaban J connectivity index is 1.60. The number of benzene rings is 1. The molecule has 1 aromatic carbocycles. The molecule has 0 saturated heterocycles. The fourth-order valence-corrected chi connectivity index (χ4v) is 3.74. The van der Waals surface area contributed by atoms with Crippen LogP contribution < -0.4 is 5.32 Å². The molecule has 3 heterocycles. The second-order valence-electron chi connectivity index (χ2n) is 6.17. The van der Waals surface area contributed by atoms with Crippen molar-refractivity contribution < 1.29 is 9.32 Å². The van der Waals surface area contributed by atoms with Crippen LogP contribution in [0.1, 0.15) is 19.1 Å². The molecule has 0 aliphatic heterocycles. The van der Waals surface area contributed by atoms with Crippen molar-refractivity contribution in [2.24, 2.45) is 7.05 Å². The van der Waals surface area contributed by atoms with Crippen LogP contribution in [0.3, 0.4) is 0 Å². The lowest BCUT2D eigenvalue weighted by Gasteiger charge is -2.12. The Bertz CT molecular complexity index is 1140. The molecule has 8 nitrogen and oxygen atoms in total. The van der Waals surface area contributed by atoms with Crippen LogP contribution in [-0.4, -0.2) is 36.1 Å². The predicted molar refractivity (Wildman–Crippen MR) is 104 cm³/mol. The molecule has 27 heavy (non-hydrogen) atoms. The first kappa shape index (κ1) is 17.5. The fraction of sp³-hybridized carbons (Fsp3) is 0.278. The van der Waals surface area contributed by atoms with Crippen LogP contribution in [0.4, 0.5) is 5.82 Å². The van der Waals surface area contributed by atoms with Crippen LogP contribution in [0, 0.1) is 6.92 Å². The van der Waals surface area contributed by atoms with Gasteiger partial charge in [-0.1, -0.05) is 42.0 Å². The number of amides is 1. The summed E-state index contributed by atoms with van der Waals surface area (Å²) in [6.07, 6.45) is 0.615. The number of fused-ring (bicyclic) bond motifs is 3. The number of para-hydroxylation sites is 1. The summed E-state index contributed by atoms with van der Waals surface area (Å²) >= 11 is 1.29. The molecule has 1 unspecified atom stereocenters. The number of carbonyl (C=O) groups is 1. The van der Waals surface area contributed by atoms with Gasteiger partial charge < -0.3 is 14.4 Å². The van der Waals surface area contributed by atoms with E-state index in [0.717, 1.165) is 22.1 Å². The molecule has 138 valence electrons. The van der Waals surface area contributed by atoms with Crippen LogP contribution in [-0.2, 0) is 11.8 Å². The van der Waals surface area contributed by atoms with E-state index in [2.05, 4.69) is 25.7 Å². The van der Waals surface area contributed by atoms with E-state index in [1.165, 1.54) is 11.8 Å². The summed E-state index contributed by atoms with van der Waals surface area (Å²) in [5, 5.41) is 16.2. The van der Waals surface area contributed by atoms with Crippen molar-refractivity contribution in [3.05, 3.63) is 36.1 Å². The molecular weight excluding hydrogens is 364 g/mol. The number of aryl methyl sites for hydroxylation is 2. The van der Waals surface area contributed by atoms with E-state index in [4.69, 9.17) is 4.52 Å². The van der Waals surface area contributed by atoms with E-state index in [9.17, 15) is 4.79 Å². The maximum Gasteiger partial charge on any atom is 0.239 e. The van der Waals surface area contributed by atoms with Gasteiger partial charge >= 0.3 is 0 Å². The number of hydrogen-bond acceptors (Lipinski definition) is 7. The molecule has 9 heteroatoms. The van der Waals surface area contributed by atoms with Gasteiger partial charge in [0.05, 0.1) is 10.8 Å². The minimum atomic E-state index is -0.365. The molecule has 0 spiro atoms. The summed E-state index contributed by atoms with van der Waals surface area (Å²) in [7, 11) is 1.95. The predicted octanol–water partition coefficient (Wildman–Crippen LogP) is 3.32. The first-order valence-electron chi connectivity index (χ1n) is 8.55. The van der Waals surface area contributed by atoms with Crippen LogP contribution in [0.5, 0.6) is 0 Å². The summed E-state index contributed by atoms with van der Waals surface area (Å²) < 4.78 is 6.97. The van der Waals surface area contributed by atoms with Gasteiger partial charge in [0.1, 0.15) is 11.3 Å². The molecule has 0 fully saturated rings. The second-order valence-corrected chi connectivity index (χ2v) is 7.34. The number of nitrogens with one attached hydrogen (secondary N) is 1. The second kappa shape index (κ2) is 6.99. The number of carbonyl (C=O) groups excluding carboxylic acids is 1. The molecule has 0 saturated carbocycles. The van der Waals surface area contributed by atoms with Crippen LogP contribution in [0.25, 0.3) is 22.1 Å². The molecule has 0 radical (unpaired) electrons. The molecule has 1 atom stereocenters. The van der Waals surface area contributed by atoms with Gasteiger partial charge in [0.25, 0.3) is 0 Å². The third kappa shape index (κ3) is 3.25. The molecule has 4 aromatic rings. The Hall–Kier alpha value is -2.94. The highest BCUT2D eigenvalue weighted by molar-refractivity contribution is 8.00. The first-order valence-corrected chi connectivity index (χ1v) is 9.43. The van der Waals surface area contributed by atoms with Crippen molar-refractivity contribution in [1.82, 2.24) is 24.9 Å². The number of nitrogens with zero attached hydrogens (tertiary/aromatic N) is 5. The van der Waals surface area contributed by atoms with Gasteiger partial charge in [0.2, 0.25) is 11.1 Å². The van der Waals surface area contributed by atoms with Crippen LogP contribution in [0.15, 0.2) is 40.0 Å². The minimum absolute atomic E-state index is 0.170. The average Bonchev–Trinajstić information content (AvgIpc) is 3.21. The number of thioether (sulfide) groups is 1.